The molecule has 0 saturated carbocycles. The summed E-state index contributed by atoms with van der Waals surface area (Å²) < 4.78 is 10.5. The van der Waals surface area contributed by atoms with Crippen molar-refractivity contribution in [3.05, 3.63) is 64.2 Å². The number of likely N-dealkylation sites (N-methyl/N-ethyl adjacent to an activating group) is 1. The van der Waals surface area contributed by atoms with E-state index in [1.54, 1.807) is 36.4 Å². The van der Waals surface area contributed by atoms with Crippen molar-refractivity contribution >= 4 is 29.3 Å². The van der Waals surface area contributed by atoms with Gasteiger partial charge in [-0.15, -0.1) is 0 Å². The summed E-state index contributed by atoms with van der Waals surface area (Å²) in [5.74, 6) is -0.186. The van der Waals surface area contributed by atoms with Crippen molar-refractivity contribution in [2.45, 2.75) is 32.4 Å². The highest BCUT2D eigenvalue weighted by Gasteiger charge is 2.22. The Labute approximate surface area is 181 Å². The molecule has 3 N–H and O–H groups in total. The monoisotopic (exact) mass is 431 g/mol. The molecular formula is C22H26ClN3O4. The molecule has 0 bridgehead atoms. The van der Waals surface area contributed by atoms with Crippen LogP contribution in [0, 0.1) is 5.41 Å². The van der Waals surface area contributed by atoms with Gasteiger partial charge in [0.2, 0.25) is 11.8 Å². The lowest BCUT2D eigenvalue weighted by Gasteiger charge is -2.18. The van der Waals surface area contributed by atoms with Crippen LogP contribution in [0.2, 0.25) is 5.02 Å². The molecule has 2 amide bonds. The summed E-state index contributed by atoms with van der Waals surface area (Å²) in [5, 5.41) is 13.3. The maximum absolute atomic E-state index is 12.7. The minimum Gasteiger partial charge on any atom is -0.489 e. The van der Waals surface area contributed by atoms with Gasteiger partial charge < -0.3 is 20.1 Å². The molecular weight excluding hydrogens is 406 g/mol. The molecule has 0 aliphatic rings. The number of carbonyl (C=O) groups is 2. The second kappa shape index (κ2) is 10.6. The third-order valence-corrected chi connectivity index (χ3v) is 4.58. The standard InChI is InChI=1S/C22H26ClN3O4/c1-13(2)30-19-10-9-16(12-17(19)23)21(27)26-18(22(28)25-3)11-14-5-7-15(8-6-14)20(24)29-4/h5-10,12-13,18,24H,11H2,1-4H3,(H,25,28)(H,26,27). The van der Waals surface area contributed by atoms with Crippen molar-refractivity contribution in [3.8, 4) is 5.75 Å². The summed E-state index contributed by atoms with van der Waals surface area (Å²) in [7, 11) is 2.95. The molecule has 0 heterocycles. The predicted octanol–water partition coefficient (Wildman–Crippen LogP) is 3.19. The van der Waals surface area contributed by atoms with Crippen LogP contribution in [0.3, 0.4) is 0 Å². The van der Waals surface area contributed by atoms with Gasteiger partial charge in [0.15, 0.2) is 0 Å². The average molecular weight is 432 g/mol. The number of amides is 2. The van der Waals surface area contributed by atoms with Gasteiger partial charge in [-0.1, -0.05) is 23.7 Å². The molecule has 2 aromatic carbocycles. The first-order chi connectivity index (χ1) is 14.2. The molecule has 2 aromatic rings. The molecule has 0 fully saturated rings. The SMILES string of the molecule is CNC(=O)C(Cc1ccc(C(=N)OC)cc1)NC(=O)c1ccc(OC(C)C)c(Cl)c1. The largest absolute Gasteiger partial charge is 0.489 e. The summed E-state index contributed by atoms with van der Waals surface area (Å²) in [6, 6.07) is 11.0. The van der Waals surface area contributed by atoms with Crippen LogP contribution >= 0.6 is 11.6 Å². The molecule has 30 heavy (non-hydrogen) atoms. The van der Waals surface area contributed by atoms with Gasteiger partial charge >= 0.3 is 0 Å². The fourth-order valence-electron chi connectivity index (χ4n) is 2.76. The van der Waals surface area contributed by atoms with Crippen LogP contribution in [-0.2, 0) is 16.0 Å². The van der Waals surface area contributed by atoms with Gasteiger partial charge in [0.1, 0.15) is 11.8 Å². The molecule has 0 saturated heterocycles. The Morgan fingerprint density at radius 3 is 2.27 bits per heavy atom. The lowest BCUT2D eigenvalue weighted by molar-refractivity contribution is -0.122. The Hall–Kier alpha value is -3.06. The predicted molar refractivity (Wildman–Crippen MR) is 117 cm³/mol. The van der Waals surface area contributed by atoms with Gasteiger partial charge in [0.25, 0.3) is 5.91 Å². The first-order valence-corrected chi connectivity index (χ1v) is 9.83. The summed E-state index contributed by atoms with van der Waals surface area (Å²) in [5.41, 5.74) is 1.78. The van der Waals surface area contributed by atoms with Crippen LogP contribution in [0.15, 0.2) is 42.5 Å². The number of hydrogen-bond donors (Lipinski definition) is 3. The van der Waals surface area contributed by atoms with E-state index >= 15 is 0 Å². The van der Waals surface area contributed by atoms with Crippen molar-refractivity contribution in [1.29, 1.82) is 5.41 Å². The number of halogens is 1. The van der Waals surface area contributed by atoms with E-state index < -0.39 is 11.9 Å². The van der Waals surface area contributed by atoms with Crippen LogP contribution in [0.25, 0.3) is 0 Å². The smallest absolute Gasteiger partial charge is 0.251 e. The maximum atomic E-state index is 12.7. The third-order valence-electron chi connectivity index (χ3n) is 4.29. The average Bonchev–Trinajstić information content (AvgIpc) is 2.73. The van der Waals surface area contributed by atoms with Crippen molar-refractivity contribution in [2.24, 2.45) is 0 Å². The first kappa shape index (κ1) is 23.2. The summed E-state index contributed by atoms with van der Waals surface area (Å²) in [4.78, 5) is 25.0. The molecule has 0 radical (unpaired) electrons. The summed E-state index contributed by atoms with van der Waals surface area (Å²) >= 11 is 6.21. The van der Waals surface area contributed by atoms with E-state index in [1.807, 2.05) is 13.8 Å². The molecule has 8 heteroatoms. The normalized spacial score (nSPS) is 11.5. The Morgan fingerprint density at radius 2 is 1.73 bits per heavy atom. The van der Waals surface area contributed by atoms with E-state index in [9.17, 15) is 9.59 Å². The molecule has 7 nitrogen and oxygen atoms in total. The summed E-state index contributed by atoms with van der Waals surface area (Å²) in [6.45, 7) is 3.77. The molecule has 0 aliphatic heterocycles. The topological polar surface area (TPSA) is 101 Å². The number of carbonyl (C=O) groups excluding carboxylic acids is 2. The molecule has 1 atom stereocenters. The number of methoxy groups -OCH3 is 1. The van der Waals surface area contributed by atoms with Gasteiger partial charge in [0.05, 0.1) is 18.2 Å². The van der Waals surface area contributed by atoms with E-state index in [0.717, 1.165) is 5.56 Å². The molecule has 1 unspecified atom stereocenters. The second-order valence-corrected chi connectivity index (χ2v) is 7.29. The summed E-state index contributed by atoms with van der Waals surface area (Å²) in [6.07, 6.45) is 0.243. The van der Waals surface area contributed by atoms with E-state index in [2.05, 4.69) is 10.6 Å². The van der Waals surface area contributed by atoms with Crippen molar-refractivity contribution in [2.75, 3.05) is 14.2 Å². The van der Waals surface area contributed by atoms with Crippen LogP contribution in [0.1, 0.15) is 35.3 Å². The van der Waals surface area contributed by atoms with Gasteiger partial charge in [-0.05, 0) is 49.7 Å². The van der Waals surface area contributed by atoms with Crippen molar-refractivity contribution in [1.82, 2.24) is 10.6 Å². The lowest BCUT2D eigenvalue weighted by atomic mass is 10.0. The van der Waals surface area contributed by atoms with Crippen molar-refractivity contribution in [3.63, 3.8) is 0 Å². The molecule has 0 spiro atoms. The van der Waals surface area contributed by atoms with E-state index in [-0.39, 0.29) is 24.3 Å². The highest BCUT2D eigenvalue weighted by molar-refractivity contribution is 6.32. The van der Waals surface area contributed by atoms with Gasteiger partial charge in [0, 0.05) is 24.6 Å². The quantitative estimate of drug-likeness (QED) is 0.441. The Bertz CT molecular complexity index is 913. The van der Waals surface area contributed by atoms with E-state index in [1.165, 1.54) is 20.2 Å². The second-order valence-electron chi connectivity index (χ2n) is 6.89. The zero-order chi connectivity index (χ0) is 22.3. The molecule has 0 aromatic heterocycles. The van der Waals surface area contributed by atoms with Crippen LogP contribution in [0.4, 0.5) is 0 Å². The van der Waals surface area contributed by atoms with Gasteiger partial charge in [-0.2, -0.15) is 0 Å². The van der Waals surface area contributed by atoms with Crippen LogP contribution in [0.5, 0.6) is 5.75 Å². The van der Waals surface area contributed by atoms with E-state index in [0.29, 0.717) is 21.9 Å². The number of benzene rings is 2. The van der Waals surface area contributed by atoms with Gasteiger partial charge in [-0.3, -0.25) is 15.0 Å². The number of rotatable bonds is 8. The van der Waals surface area contributed by atoms with Crippen molar-refractivity contribution < 1.29 is 19.1 Å². The Morgan fingerprint density at radius 1 is 1.10 bits per heavy atom. The Kier molecular flexibility index (Phi) is 8.24. The van der Waals surface area contributed by atoms with E-state index in [4.69, 9.17) is 26.5 Å². The number of nitrogens with one attached hydrogen (secondary N) is 3. The zero-order valence-corrected chi connectivity index (χ0v) is 18.2. The fourth-order valence-corrected chi connectivity index (χ4v) is 2.99. The lowest BCUT2D eigenvalue weighted by Crippen LogP contribution is -2.47. The molecule has 160 valence electrons. The highest BCUT2D eigenvalue weighted by Crippen LogP contribution is 2.26. The van der Waals surface area contributed by atoms with Crippen LogP contribution in [-0.4, -0.2) is 44.0 Å². The van der Waals surface area contributed by atoms with Crippen LogP contribution < -0.4 is 15.4 Å². The maximum Gasteiger partial charge on any atom is 0.251 e. The third kappa shape index (κ3) is 6.22. The highest BCUT2D eigenvalue weighted by atomic mass is 35.5. The number of ether oxygens (including phenoxy) is 2. The number of hydrogen-bond acceptors (Lipinski definition) is 5. The Balaban J connectivity index is 2.14. The molecule has 0 aliphatic carbocycles. The first-order valence-electron chi connectivity index (χ1n) is 9.45. The van der Waals surface area contributed by atoms with Gasteiger partial charge in [-0.25, -0.2) is 0 Å². The fraction of sp³-hybridized carbons (Fsp3) is 0.318. The minimum atomic E-state index is -0.777. The minimum absolute atomic E-state index is 0.0428. The zero-order valence-electron chi connectivity index (χ0n) is 17.4. The molecule has 2 rings (SSSR count).